The van der Waals surface area contributed by atoms with Gasteiger partial charge in [0.05, 0.1) is 49.2 Å². The molecule has 2 aromatic carbocycles. The van der Waals surface area contributed by atoms with Crippen molar-refractivity contribution < 1.29 is 19.2 Å². The van der Waals surface area contributed by atoms with Crippen LogP contribution in [0.15, 0.2) is 77.6 Å². The Kier molecular flexibility index (Phi) is 13.0. The number of anilines is 4. The minimum Gasteiger partial charge on any atom is -0.367 e. The Balaban J connectivity index is 0.821. The van der Waals surface area contributed by atoms with Crippen LogP contribution in [0.4, 0.5) is 21.0 Å². The highest BCUT2D eigenvalue weighted by Gasteiger charge is 2.33. The molecule has 0 bridgehead atoms. The number of hydrogen-bond donors (Lipinski definition) is 2. The molecule has 3 fully saturated rings. The molecule has 1 unspecified atom stereocenters. The lowest BCUT2D eigenvalue weighted by Gasteiger charge is -2.37. The van der Waals surface area contributed by atoms with E-state index in [1.165, 1.54) is 34.0 Å². The van der Waals surface area contributed by atoms with Gasteiger partial charge in [-0.25, -0.2) is 15.0 Å². The molecule has 4 aromatic heterocycles. The van der Waals surface area contributed by atoms with Crippen molar-refractivity contribution in [2.24, 2.45) is 0 Å². The van der Waals surface area contributed by atoms with Gasteiger partial charge in [-0.1, -0.05) is 59.6 Å². The van der Waals surface area contributed by atoms with E-state index in [1.54, 1.807) is 19.2 Å². The zero-order chi connectivity index (χ0) is 44.5. The van der Waals surface area contributed by atoms with Gasteiger partial charge in [-0.2, -0.15) is 0 Å². The molecule has 0 saturated carbocycles. The van der Waals surface area contributed by atoms with E-state index in [9.17, 15) is 19.2 Å². The maximum Gasteiger partial charge on any atom is 0.276 e. The van der Waals surface area contributed by atoms with Crippen molar-refractivity contribution in [3.05, 3.63) is 98.2 Å². The molecule has 3 aliphatic heterocycles. The number of carbonyl (C=O) groups excluding carboxylic acids is 4. The average molecular weight is 956 g/mol. The summed E-state index contributed by atoms with van der Waals surface area (Å²) in [5, 5.41) is 12.2. The summed E-state index contributed by atoms with van der Waals surface area (Å²) in [5.74, 6) is -0.333. The van der Waals surface area contributed by atoms with Crippen LogP contribution in [0.3, 0.4) is 0 Å². The van der Waals surface area contributed by atoms with Gasteiger partial charge < -0.3 is 19.6 Å². The van der Waals surface area contributed by atoms with E-state index in [0.29, 0.717) is 98.1 Å². The highest BCUT2D eigenvalue weighted by Crippen LogP contribution is 2.43. The maximum absolute atomic E-state index is 13.3. The molecule has 0 spiro atoms. The van der Waals surface area contributed by atoms with Gasteiger partial charge in [0, 0.05) is 92.3 Å². The molecule has 6 aromatic rings. The van der Waals surface area contributed by atoms with Gasteiger partial charge in [-0.15, -0.1) is 34.0 Å². The van der Waals surface area contributed by atoms with Crippen LogP contribution in [0, 0.1) is 0 Å². The summed E-state index contributed by atoms with van der Waals surface area (Å²) in [6.07, 6.45) is 3.68. The Morgan fingerprint density at radius 1 is 0.672 bits per heavy atom. The Morgan fingerprint density at radius 3 is 1.81 bits per heavy atom. The zero-order valence-corrected chi connectivity index (χ0v) is 39.0. The number of aromatic nitrogens is 3. The number of thiophene rings is 1. The molecule has 1 atom stereocenters. The molecular formula is C45H44Cl2N10O4S3. The standard InChI is InChI=1S/C45H44Cl2N10O4S3/c1-27(58)54-16-20-56(21-17-54)38-14-13-37(64-38)42(60)52-45-50-35(26-63-45)32-9-4-7-30(40(32)47)29-6-3-8-31(39(29)46)34-25-62-44(49-34)51-41(59)33-12-11-28(24-48-33)55-18-22-57(23-19-55)43(61)36-10-5-15-53(36)2/h3-4,6-9,11-14,24-26,36H,5,10,15-23H2,1-2H3,(H,49,51,59)(H,50,52,60). The van der Waals surface area contributed by atoms with Gasteiger partial charge in [0.25, 0.3) is 11.8 Å². The molecule has 3 aliphatic rings. The van der Waals surface area contributed by atoms with Crippen molar-refractivity contribution in [2.45, 2.75) is 25.8 Å². The first-order chi connectivity index (χ1) is 31.0. The number of benzene rings is 2. The number of hydrogen-bond acceptors (Lipinski definition) is 13. The van der Waals surface area contributed by atoms with E-state index >= 15 is 0 Å². The molecule has 4 amide bonds. The SMILES string of the molecule is CC(=O)N1CCN(c2ccc(C(=O)Nc3nc(-c4cccc(-c5cccc(-c6csc(NC(=O)c7ccc(N8CCN(C(=O)C9CCCN9C)CC8)cn7)n6)c5Cl)c4Cl)cs3)s2)CC1. The van der Waals surface area contributed by atoms with E-state index in [4.69, 9.17) is 33.2 Å². The summed E-state index contributed by atoms with van der Waals surface area (Å²) in [5.41, 5.74) is 5.12. The summed E-state index contributed by atoms with van der Waals surface area (Å²) in [6, 6.07) is 18.6. The van der Waals surface area contributed by atoms with Crippen LogP contribution in [-0.4, -0.2) is 125 Å². The topological polar surface area (TPSA) is 147 Å². The minimum atomic E-state index is -0.380. The van der Waals surface area contributed by atoms with Gasteiger partial charge >= 0.3 is 0 Å². The number of carbonyl (C=O) groups is 4. The van der Waals surface area contributed by atoms with Crippen LogP contribution >= 0.6 is 57.2 Å². The summed E-state index contributed by atoms with van der Waals surface area (Å²) in [4.78, 5) is 76.0. The van der Waals surface area contributed by atoms with Gasteiger partial charge in [0.15, 0.2) is 10.3 Å². The van der Waals surface area contributed by atoms with Crippen LogP contribution in [0.2, 0.25) is 10.0 Å². The molecule has 2 N–H and O–H groups in total. The van der Waals surface area contributed by atoms with Crippen molar-refractivity contribution in [1.29, 1.82) is 0 Å². The lowest BCUT2D eigenvalue weighted by Crippen LogP contribution is -2.53. The molecule has 330 valence electrons. The maximum atomic E-state index is 13.3. The number of pyridine rings is 1. The largest absolute Gasteiger partial charge is 0.367 e. The third-order valence-electron chi connectivity index (χ3n) is 11.9. The molecule has 9 rings (SSSR count). The fourth-order valence-corrected chi connectivity index (χ4v) is 11.3. The van der Waals surface area contributed by atoms with Crippen molar-refractivity contribution in [2.75, 3.05) is 86.4 Å². The van der Waals surface area contributed by atoms with Crippen molar-refractivity contribution in [3.8, 4) is 33.6 Å². The fraction of sp³-hybridized carbons (Fsp3) is 0.311. The fourth-order valence-electron chi connectivity index (χ4n) is 8.29. The van der Waals surface area contributed by atoms with Crippen molar-refractivity contribution >= 4 is 102 Å². The first-order valence-corrected chi connectivity index (χ1v) is 24.3. The van der Waals surface area contributed by atoms with Gasteiger partial charge in [-0.05, 0) is 50.7 Å². The van der Waals surface area contributed by atoms with Crippen LogP contribution in [-0.2, 0) is 9.59 Å². The summed E-state index contributed by atoms with van der Waals surface area (Å²) in [7, 11) is 2.02. The van der Waals surface area contributed by atoms with E-state index in [0.717, 1.165) is 43.2 Å². The third kappa shape index (κ3) is 9.23. The number of amides is 4. The lowest BCUT2D eigenvalue weighted by atomic mass is 9.99. The molecule has 0 aliphatic carbocycles. The highest BCUT2D eigenvalue weighted by atomic mass is 35.5. The summed E-state index contributed by atoms with van der Waals surface area (Å²) >= 11 is 18.2. The number of likely N-dealkylation sites (N-methyl/N-ethyl adjacent to an activating group) is 1. The molecule has 64 heavy (non-hydrogen) atoms. The molecule has 7 heterocycles. The monoisotopic (exact) mass is 954 g/mol. The second kappa shape index (κ2) is 19.0. The summed E-state index contributed by atoms with van der Waals surface area (Å²) in [6.45, 7) is 8.03. The number of nitrogens with one attached hydrogen (secondary N) is 2. The Bertz CT molecular complexity index is 2710. The molecule has 3 saturated heterocycles. The second-order valence-electron chi connectivity index (χ2n) is 15.8. The highest BCUT2D eigenvalue weighted by molar-refractivity contribution is 7.18. The van der Waals surface area contributed by atoms with Crippen molar-refractivity contribution in [3.63, 3.8) is 0 Å². The normalized spacial score (nSPS) is 16.9. The van der Waals surface area contributed by atoms with Crippen LogP contribution in [0.5, 0.6) is 0 Å². The average Bonchev–Trinajstić information content (AvgIpc) is 4.16. The zero-order valence-electron chi connectivity index (χ0n) is 35.1. The van der Waals surface area contributed by atoms with E-state index in [1.807, 2.05) is 82.2 Å². The predicted octanol–water partition coefficient (Wildman–Crippen LogP) is 8.28. The third-order valence-corrected chi connectivity index (χ3v) is 15.4. The van der Waals surface area contributed by atoms with Crippen LogP contribution in [0.25, 0.3) is 33.6 Å². The smallest absolute Gasteiger partial charge is 0.276 e. The Hall–Kier alpha value is -5.43. The molecule has 19 heteroatoms. The quantitative estimate of drug-likeness (QED) is 0.138. The first-order valence-electron chi connectivity index (χ1n) is 20.9. The first kappa shape index (κ1) is 43.8. The van der Waals surface area contributed by atoms with Crippen LogP contribution < -0.4 is 20.4 Å². The van der Waals surface area contributed by atoms with Crippen LogP contribution in [0.1, 0.15) is 39.9 Å². The lowest BCUT2D eigenvalue weighted by molar-refractivity contribution is -0.135. The minimum absolute atomic E-state index is 0.0122. The van der Waals surface area contributed by atoms with E-state index in [2.05, 4.69) is 30.3 Å². The van der Waals surface area contributed by atoms with E-state index in [-0.39, 0.29) is 35.4 Å². The predicted molar refractivity (Wildman–Crippen MR) is 257 cm³/mol. The number of piperazine rings is 2. The molecular weight excluding hydrogens is 912 g/mol. The number of rotatable bonds is 10. The van der Waals surface area contributed by atoms with E-state index < -0.39 is 0 Å². The van der Waals surface area contributed by atoms with Gasteiger partial charge in [-0.3, -0.25) is 34.7 Å². The second-order valence-corrected chi connectivity index (χ2v) is 19.3. The number of likely N-dealkylation sites (tertiary alicyclic amines) is 1. The number of thiazole rings is 2. The Labute approximate surface area is 392 Å². The number of nitrogens with zero attached hydrogens (tertiary/aromatic N) is 8. The van der Waals surface area contributed by atoms with Crippen molar-refractivity contribution in [1.82, 2.24) is 29.7 Å². The summed E-state index contributed by atoms with van der Waals surface area (Å²) < 4.78 is 0. The molecule has 14 nitrogen and oxygen atoms in total. The van der Waals surface area contributed by atoms with Gasteiger partial charge in [0.1, 0.15) is 5.69 Å². The number of halogens is 2. The Morgan fingerprint density at radius 2 is 1.25 bits per heavy atom. The van der Waals surface area contributed by atoms with Gasteiger partial charge in [0.2, 0.25) is 11.8 Å². The molecule has 0 radical (unpaired) electrons.